The van der Waals surface area contributed by atoms with Gasteiger partial charge in [0.2, 0.25) is 21.9 Å². The molecule has 4 aromatic rings. The maximum Gasteiger partial charge on any atom is 0.349 e. The molecule has 1 aliphatic carbocycles. The third kappa shape index (κ3) is 6.73. The number of benzene rings is 2. The number of rotatable bonds is 10. The summed E-state index contributed by atoms with van der Waals surface area (Å²) in [6.07, 6.45) is -1.38. The zero-order valence-corrected chi connectivity index (χ0v) is 24.5. The van der Waals surface area contributed by atoms with Crippen molar-refractivity contribution < 1.29 is 26.7 Å². The Morgan fingerprint density at radius 2 is 1.82 bits per heavy atom. The Bertz CT molecular complexity index is 1960. The quantitative estimate of drug-likeness (QED) is 0.233. The number of aromatic nitrogens is 4. The van der Waals surface area contributed by atoms with Gasteiger partial charge >= 0.3 is 5.69 Å². The van der Waals surface area contributed by atoms with Crippen LogP contribution in [0.1, 0.15) is 30.5 Å². The standard InChI is InChI=1S/C27H20Cl2F2N6O6S/c1-32-15-7-16(8-15)36-44(40,41)21-11-22(33-12-20(21)42-13-14-5-3-2-4-6-14)43-24-18(28)9-17(10-19(24)29)37-27(39)34-26(38)23(35-37)25(30)31/h2-6,9-12,15-16,25,36H,7-8,13H2,(H,34,38,39). The number of hydrogen-bond donors (Lipinski definition) is 2. The first-order valence-corrected chi connectivity index (χ1v) is 14.9. The van der Waals surface area contributed by atoms with Gasteiger partial charge in [0.1, 0.15) is 11.5 Å². The van der Waals surface area contributed by atoms with E-state index in [0.29, 0.717) is 17.5 Å². The first-order chi connectivity index (χ1) is 20.9. The van der Waals surface area contributed by atoms with Crippen LogP contribution in [0.5, 0.6) is 17.4 Å². The fraction of sp³-hybridized carbons (Fsp3) is 0.222. The van der Waals surface area contributed by atoms with E-state index >= 15 is 0 Å². The summed E-state index contributed by atoms with van der Waals surface area (Å²) in [5.41, 5.74) is -3.05. The predicted molar refractivity (Wildman–Crippen MR) is 154 cm³/mol. The van der Waals surface area contributed by atoms with Crippen molar-refractivity contribution in [2.75, 3.05) is 0 Å². The Labute approximate surface area is 258 Å². The van der Waals surface area contributed by atoms with Gasteiger partial charge < -0.3 is 14.3 Å². The van der Waals surface area contributed by atoms with Gasteiger partial charge in [0.25, 0.3) is 12.0 Å². The van der Waals surface area contributed by atoms with Crippen LogP contribution in [0.3, 0.4) is 0 Å². The third-order valence-corrected chi connectivity index (χ3v) is 8.55. The summed E-state index contributed by atoms with van der Waals surface area (Å²) in [6.45, 7) is 7.15. The molecule has 1 aliphatic rings. The number of alkyl halides is 2. The molecule has 0 bridgehead atoms. The summed E-state index contributed by atoms with van der Waals surface area (Å²) < 4.78 is 67.8. The molecule has 5 rings (SSSR count). The van der Waals surface area contributed by atoms with E-state index in [2.05, 4.69) is 19.6 Å². The molecular formula is C27H20Cl2F2N6O6S. The van der Waals surface area contributed by atoms with Crippen LogP contribution in [0, 0.1) is 6.57 Å². The minimum Gasteiger partial charge on any atom is -0.486 e. The molecule has 2 aromatic heterocycles. The Morgan fingerprint density at radius 1 is 1.14 bits per heavy atom. The van der Waals surface area contributed by atoms with E-state index in [1.165, 1.54) is 0 Å². The maximum absolute atomic E-state index is 13.4. The van der Waals surface area contributed by atoms with Crippen molar-refractivity contribution in [3.05, 3.63) is 108 Å². The Kier molecular flexibility index (Phi) is 8.97. The first kappa shape index (κ1) is 31.1. The normalized spacial score (nSPS) is 16.3. The maximum atomic E-state index is 13.4. The average Bonchev–Trinajstić information content (AvgIpc) is 2.96. The van der Waals surface area contributed by atoms with E-state index in [9.17, 15) is 26.8 Å². The highest BCUT2D eigenvalue weighted by atomic mass is 35.5. The number of ether oxygens (including phenoxy) is 2. The molecule has 2 aromatic carbocycles. The smallest absolute Gasteiger partial charge is 0.349 e. The molecular weight excluding hydrogens is 645 g/mol. The number of nitrogens with one attached hydrogen (secondary N) is 2. The van der Waals surface area contributed by atoms with Gasteiger partial charge in [0, 0.05) is 24.9 Å². The van der Waals surface area contributed by atoms with Crippen LogP contribution < -0.4 is 25.4 Å². The summed E-state index contributed by atoms with van der Waals surface area (Å²) in [5.74, 6) is -0.522. The lowest BCUT2D eigenvalue weighted by atomic mass is 9.88. The summed E-state index contributed by atoms with van der Waals surface area (Å²) in [5, 5.41) is 2.96. The molecule has 0 spiro atoms. The molecule has 44 heavy (non-hydrogen) atoms. The van der Waals surface area contributed by atoms with Gasteiger partial charge in [-0.15, -0.1) is 0 Å². The van der Waals surface area contributed by atoms with Crippen LogP contribution >= 0.6 is 23.2 Å². The molecule has 2 heterocycles. The molecule has 2 N–H and O–H groups in total. The molecule has 12 nitrogen and oxygen atoms in total. The molecule has 17 heteroatoms. The number of H-pyrrole nitrogens is 1. The monoisotopic (exact) mass is 664 g/mol. The van der Waals surface area contributed by atoms with E-state index in [1.54, 1.807) is 29.2 Å². The van der Waals surface area contributed by atoms with Gasteiger partial charge in [-0.2, -0.15) is 9.78 Å². The van der Waals surface area contributed by atoms with Gasteiger partial charge in [-0.3, -0.25) is 9.78 Å². The van der Waals surface area contributed by atoms with E-state index in [4.69, 9.17) is 39.2 Å². The summed E-state index contributed by atoms with van der Waals surface area (Å²) >= 11 is 12.7. The SMILES string of the molecule is [C-]#[N+]C1CC(NS(=O)(=O)c2cc(Oc3c(Cl)cc(-n4nc(C(F)F)c(=O)[nH]c4=O)cc3Cl)ncc2OCc2ccccc2)C1. The second-order valence-corrected chi connectivity index (χ2v) is 12.0. The predicted octanol–water partition coefficient (Wildman–Crippen LogP) is 4.66. The highest BCUT2D eigenvalue weighted by Gasteiger charge is 2.38. The summed E-state index contributed by atoms with van der Waals surface area (Å²) in [7, 11) is -4.18. The highest BCUT2D eigenvalue weighted by molar-refractivity contribution is 7.89. The van der Waals surface area contributed by atoms with Crippen molar-refractivity contribution in [2.45, 2.75) is 42.9 Å². The summed E-state index contributed by atoms with van der Waals surface area (Å²) in [4.78, 5) is 32.9. The van der Waals surface area contributed by atoms with Gasteiger partial charge in [0.15, 0.2) is 17.2 Å². The minimum atomic E-state index is -4.18. The number of nitrogens with zero attached hydrogens (tertiary/aromatic N) is 4. The van der Waals surface area contributed by atoms with Crippen LogP contribution in [0.15, 0.2) is 69.2 Å². The average molecular weight is 665 g/mol. The number of aromatic amines is 1. The second kappa shape index (κ2) is 12.7. The minimum absolute atomic E-state index is 0.0407. The number of hydrogen-bond acceptors (Lipinski definition) is 8. The number of pyridine rings is 1. The molecule has 0 unspecified atom stereocenters. The van der Waals surface area contributed by atoms with Gasteiger partial charge in [-0.25, -0.2) is 38.3 Å². The van der Waals surface area contributed by atoms with Gasteiger partial charge in [-0.05, 0) is 17.7 Å². The lowest BCUT2D eigenvalue weighted by molar-refractivity contribution is 0.141. The number of sulfonamides is 1. The molecule has 228 valence electrons. The third-order valence-electron chi connectivity index (χ3n) is 6.44. The molecule has 0 atom stereocenters. The molecule has 1 saturated carbocycles. The van der Waals surface area contributed by atoms with Crippen molar-refractivity contribution in [3.63, 3.8) is 0 Å². The number of halogens is 4. The van der Waals surface area contributed by atoms with E-state index in [1.807, 2.05) is 6.07 Å². The van der Waals surface area contributed by atoms with Gasteiger partial charge in [-0.1, -0.05) is 53.5 Å². The lowest BCUT2D eigenvalue weighted by Crippen LogP contribution is -2.45. The van der Waals surface area contributed by atoms with E-state index in [0.717, 1.165) is 30.0 Å². The molecule has 0 saturated heterocycles. The van der Waals surface area contributed by atoms with Crippen molar-refractivity contribution >= 4 is 33.2 Å². The van der Waals surface area contributed by atoms with Crippen LogP contribution in [0.2, 0.25) is 10.0 Å². The Morgan fingerprint density at radius 3 is 2.45 bits per heavy atom. The largest absolute Gasteiger partial charge is 0.486 e. The second-order valence-electron chi connectivity index (χ2n) is 9.51. The van der Waals surface area contributed by atoms with Crippen LogP contribution in [0.4, 0.5) is 8.78 Å². The van der Waals surface area contributed by atoms with Gasteiger partial charge in [0.05, 0.1) is 21.9 Å². The fourth-order valence-corrected chi connectivity index (χ4v) is 6.13. The van der Waals surface area contributed by atoms with Crippen molar-refractivity contribution in [1.82, 2.24) is 24.5 Å². The van der Waals surface area contributed by atoms with Crippen LogP contribution in [-0.4, -0.2) is 40.2 Å². The molecule has 0 radical (unpaired) electrons. The first-order valence-electron chi connectivity index (χ1n) is 12.7. The molecule has 0 amide bonds. The molecule has 0 aliphatic heterocycles. The molecule has 1 fully saturated rings. The van der Waals surface area contributed by atoms with E-state index in [-0.39, 0.29) is 50.7 Å². The highest BCUT2D eigenvalue weighted by Crippen LogP contribution is 2.39. The fourth-order valence-electron chi connectivity index (χ4n) is 4.19. The topological polar surface area (TPSA) is 150 Å². The Hall–Kier alpha value is -4.36. The zero-order valence-electron chi connectivity index (χ0n) is 22.2. The van der Waals surface area contributed by atoms with E-state index < -0.39 is 39.4 Å². The Balaban J connectivity index is 1.47. The van der Waals surface area contributed by atoms with Crippen molar-refractivity contribution in [1.29, 1.82) is 0 Å². The van der Waals surface area contributed by atoms with Crippen LogP contribution in [0.25, 0.3) is 10.5 Å². The lowest BCUT2D eigenvalue weighted by Gasteiger charge is -2.27. The van der Waals surface area contributed by atoms with Crippen molar-refractivity contribution in [2.24, 2.45) is 0 Å². The van der Waals surface area contributed by atoms with Crippen molar-refractivity contribution in [3.8, 4) is 23.1 Å². The zero-order chi connectivity index (χ0) is 31.6. The summed E-state index contributed by atoms with van der Waals surface area (Å²) in [6, 6.07) is 11.7. The van der Waals surface area contributed by atoms with Crippen LogP contribution in [-0.2, 0) is 16.6 Å².